The van der Waals surface area contributed by atoms with Crippen molar-refractivity contribution in [3.05, 3.63) is 29.8 Å². The molecule has 14 heavy (non-hydrogen) atoms. The first-order valence-electron chi connectivity index (χ1n) is 4.29. The maximum absolute atomic E-state index is 12.0. The quantitative estimate of drug-likeness (QED) is 0.784. The average molecular weight is 218 g/mol. The molecule has 0 aromatic heterocycles. The molecular weight excluding hydrogens is 206 g/mol. The van der Waals surface area contributed by atoms with E-state index in [1.165, 1.54) is 0 Å². The molecule has 4 heteroatoms. The molecule has 0 fully saturated rings. The van der Waals surface area contributed by atoms with Crippen molar-refractivity contribution in [3.8, 4) is 0 Å². The first kappa shape index (κ1) is 11.5. The SMILES string of the molecule is CC(CO)c1ccc(SC(F)F)cc1. The van der Waals surface area contributed by atoms with Gasteiger partial charge in [-0.25, -0.2) is 0 Å². The molecule has 0 radical (unpaired) electrons. The van der Waals surface area contributed by atoms with E-state index >= 15 is 0 Å². The third-order valence-electron chi connectivity index (χ3n) is 1.95. The number of rotatable bonds is 4. The minimum Gasteiger partial charge on any atom is -0.396 e. The summed E-state index contributed by atoms with van der Waals surface area (Å²) in [5, 5.41) is 8.88. The summed E-state index contributed by atoms with van der Waals surface area (Å²) in [6.07, 6.45) is 0. The van der Waals surface area contributed by atoms with Gasteiger partial charge in [-0.3, -0.25) is 0 Å². The Bertz CT molecular complexity index is 274. The molecular formula is C10H12F2OS. The molecule has 0 heterocycles. The smallest absolute Gasteiger partial charge is 0.288 e. The zero-order valence-corrected chi connectivity index (χ0v) is 8.60. The topological polar surface area (TPSA) is 20.2 Å². The molecule has 0 aliphatic rings. The van der Waals surface area contributed by atoms with Crippen LogP contribution in [0.1, 0.15) is 18.4 Å². The second kappa shape index (κ2) is 5.32. The Morgan fingerprint density at radius 3 is 2.29 bits per heavy atom. The van der Waals surface area contributed by atoms with Crippen LogP contribution >= 0.6 is 11.8 Å². The van der Waals surface area contributed by atoms with Crippen LogP contribution in [0.5, 0.6) is 0 Å². The van der Waals surface area contributed by atoms with Crippen molar-refractivity contribution in [3.63, 3.8) is 0 Å². The average Bonchev–Trinajstić information content (AvgIpc) is 2.17. The number of benzene rings is 1. The molecule has 1 aromatic carbocycles. The van der Waals surface area contributed by atoms with E-state index in [1.54, 1.807) is 24.3 Å². The fraction of sp³-hybridized carbons (Fsp3) is 0.400. The Balaban J connectivity index is 2.68. The van der Waals surface area contributed by atoms with Gasteiger partial charge >= 0.3 is 0 Å². The van der Waals surface area contributed by atoms with Crippen molar-refractivity contribution < 1.29 is 13.9 Å². The lowest BCUT2D eigenvalue weighted by atomic mass is 10.0. The van der Waals surface area contributed by atoms with Crippen molar-refractivity contribution in [1.82, 2.24) is 0 Å². The highest BCUT2D eigenvalue weighted by molar-refractivity contribution is 7.99. The van der Waals surface area contributed by atoms with Gasteiger partial charge in [0.1, 0.15) is 0 Å². The Kier molecular flexibility index (Phi) is 4.35. The number of aliphatic hydroxyl groups is 1. The van der Waals surface area contributed by atoms with Crippen LogP contribution in [-0.2, 0) is 0 Å². The van der Waals surface area contributed by atoms with E-state index in [4.69, 9.17) is 5.11 Å². The van der Waals surface area contributed by atoms with Gasteiger partial charge in [0.15, 0.2) is 0 Å². The van der Waals surface area contributed by atoms with E-state index in [2.05, 4.69) is 0 Å². The van der Waals surface area contributed by atoms with Gasteiger partial charge < -0.3 is 5.11 Å². The van der Waals surface area contributed by atoms with Crippen molar-refractivity contribution in [2.45, 2.75) is 23.5 Å². The van der Waals surface area contributed by atoms with E-state index in [0.29, 0.717) is 16.7 Å². The zero-order valence-electron chi connectivity index (χ0n) is 7.78. The van der Waals surface area contributed by atoms with Crippen molar-refractivity contribution in [1.29, 1.82) is 0 Å². The molecule has 0 aliphatic heterocycles. The number of hydrogen-bond donors (Lipinski definition) is 1. The fourth-order valence-corrected chi connectivity index (χ4v) is 1.58. The molecule has 1 N–H and O–H groups in total. The monoisotopic (exact) mass is 218 g/mol. The summed E-state index contributed by atoms with van der Waals surface area (Å²) < 4.78 is 23.9. The highest BCUT2D eigenvalue weighted by atomic mass is 32.2. The highest BCUT2D eigenvalue weighted by Crippen LogP contribution is 2.26. The summed E-state index contributed by atoms with van der Waals surface area (Å²) in [4.78, 5) is 0.550. The Morgan fingerprint density at radius 1 is 1.29 bits per heavy atom. The molecule has 1 unspecified atom stereocenters. The van der Waals surface area contributed by atoms with E-state index in [1.807, 2.05) is 6.92 Å². The number of hydrogen-bond acceptors (Lipinski definition) is 2. The maximum Gasteiger partial charge on any atom is 0.288 e. The van der Waals surface area contributed by atoms with Crippen molar-refractivity contribution >= 4 is 11.8 Å². The summed E-state index contributed by atoms with van der Waals surface area (Å²) in [6.45, 7) is 1.95. The number of thioether (sulfide) groups is 1. The molecule has 0 saturated carbocycles. The first-order valence-corrected chi connectivity index (χ1v) is 5.17. The van der Waals surface area contributed by atoms with Gasteiger partial charge in [-0.05, 0) is 17.7 Å². The van der Waals surface area contributed by atoms with Crippen LogP contribution in [0.15, 0.2) is 29.2 Å². The molecule has 0 amide bonds. The Labute approximate surface area is 86.1 Å². The third kappa shape index (κ3) is 3.27. The van der Waals surface area contributed by atoms with E-state index in [-0.39, 0.29) is 12.5 Å². The molecule has 1 nitrogen and oxygen atoms in total. The maximum atomic E-state index is 12.0. The summed E-state index contributed by atoms with van der Waals surface area (Å²) in [7, 11) is 0. The van der Waals surface area contributed by atoms with Crippen LogP contribution in [0, 0.1) is 0 Å². The van der Waals surface area contributed by atoms with Crippen molar-refractivity contribution in [2.75, 3.05) is 6.61 Å². The van der Waals surface area contributed by atoms with Gasteiger partial charge in [0.2, 0.25) is 0 Å². The van der Waals surface area contributed by atoms with E-state index < -0.39 is 5.76 Å². The lowest BCUT2D eigenvalue weighted by Gasteiger charge is -2.08. The highest BCUT2D eigenvalue weighted by Gasteiger charge is 2.06. The standard InChI is InChI=1S/C10H12F2OS/c1-7(6-13)8-2-4-9(5-3-8)14-10(11)12/h2-5,7,10,13H,6H2,1H3. The van der Waals surface area contributed by atoms with Crippen LogP contribution in [0.25, 0.3) is 0 Å². The molecule has 0 spiro atoms. The van der Waals surface area contributed by atoms with Crippen LogP contribution in [0.2, 0.25) is 0 Å². The van der Waals surface area contributed by atoms with E-state index in [0.717, 1.165) is 5.56 Å². The number of aliphatic hydroxyl groups excluding tert-OH is 1. The minimum absolute atomic E-state index is 0.0561. The fourth-order valence-electron chi connectivity index (χ4n) is 1.08. The Hall–Kier alpha value is -0.610. The summed E-state index contributed by atoms with van der Waals surface area (Å²) in [5.41, 5.74) is 0.964. The first-order chi connectivity index (χ1) is 6.63. The number of halogens is 2. The largest absolute Gasteiger partial charge is 0.396 e. The zero-order chi connectivity index (χ0) is 10.6. The third-order valence-corrected chi connectivity index (χ3v) is 2.67. The molecule has 0 aliphatic carbocycles. The van der Waals surface area contributed by atoms with Gasteiger partial charge in [0.25, 0.3) is 5.76 Å². The second-order valence-electron chi connectivity index (χ2n) is 3.03. The van der Waals surface area contributed by atoms with Gasteiger partial charge in [-0.15, -0.1) is 0 Å². The lowest BCUT2D eigenvalue weighted by Crippen LogP contribution is -1.98. The van der Waals surface area contributed by atoms with Gasteiger partial charge in [0, 0.05) is 17.4 Å². The predicted octanol–water partition coefficient (Wildman–Crippen LogP) is 3.10. The second-order valence-corrected chi connectivity index (χ2v) is 4.09. The van der Waals surface area contributed by atoms with Crippen LogP contribution in [-0.4, -0.2) is 17.5 Å². The van der Waals surface area contributed by atoms with Crippen LogP contribution < -0.4 is 0 Å². The van der Waals surface area contributed by atoms with Gasteiger partial charge in [0.05, 0.1) is 0 Å². The minimum atomic E-state index is -2.38. The molecule has 0 bridgehead atoms. The summed E-state index contributed by atoms with van der Waals surface area (Å²) in [5.74, 6) is -2.32. The lowest BCUT2D eigenvalue weighted by molar-refractivity contribution is 0.252. The van der Waals surface area contributed by atoms with Gasteiger partial charge in [-0.1, -0.05) is 30.8 Å². The van der Waals surface area contributed by atoms with E-state index in [9.17, 15) is 8.78 Å². The van der Waals surface area contributed by atoms with Crippen LogP contribution in [0.3, 0.4) is 0 Å². The van der Waals surface area contributed by atoms with Crippen LogP contribution in [0.4, 0.5) is 8.78 Å². The molecule has 1 rings (SSSR count). The molecule has 0 saturated heterocycles. The number of alkyl halides is 2. The predicted molar refractivity (Wildman–Crippen MR) is 53.8 cm³/mol. The van der Waals surface area contributed by atoms with Crippen molar-refractivity contribution in [2.24, 2.45) is 0 Å². The normalized spacial score (nSPS) is 13.2. The van der Waals surface area contributed by atoms with Gasteiger partial charge in [-0.2, -0.15) is 8.78 Å². The molecule has 1 aromatic rings. The molecule has 78 valence electrons. The molecule has 1 atom stereocenters. The summed E-state index contributed by atoms with van der Waals surface area (Å²) in [6, 6.07) is 6.84. The Morgan fingerprint density at radius 2 is 1.86 bits per heavy atom. The summed E-state index contributed by atoms with van der Waals surface area (Å²) >= 11 is 0.531.